The number of benzene rings is 1. The minimum absolute atomic E-state index is 0.0231. The van der Waals surface area contributed by atoms with Crippen molar-refractivity contribution in [3.05, 3.63) is 35.4 Å². The van der Waals surface area contributed by atoms with Crippen molar-refractivity contribution in [3.63, 3.8) is 0 Å². The van der Waals surface area contributed by atoms with Gasteiger partial charge in [-0.05, 0) is 17.7 Å². The molecule has 0 aliphatic carbocycles. The van der Waals surface area contributed by atoms with E-state index in [0.29, 0.717) is 12.1 Å². The highest BCUT2D eigenvalue weighted by atomic mass is 16.4. The molecule has 1 fully saturated rings. The second kappa shape index (κ2) is 6.87. The van der Waals surface area contributed by atoms with Crippen molar-refractivity contribution in [2.75, 3.05) is 13.1 Å². The fourth-order valence-electron chi connectivity index (χ4n) is 2.34. The molecule has 0 spiro atoms. The lowest BCUT2D eigenvalue weighted by Crippen LogP contribution is -2.56. The van der Waals surface area contributed by atoms with Gasteiger partial charge in [-0.15, -0.1) is 0 Å². The van der Waals surface area contributed by atoms with E-state index in [4.69, 9.17) is 0 Å². The van der Waals surface area contributed by atoms with Crippen LogP contribution in [0.5, 0.6) is 0 Å². The van der Waals surface area contributed by atoms with E-state index < -0.39 is 18.3 Å². The standard InChI is InChI=1S/C15H20N2O5/c1-9(18)16-6-10-2-4-11(5-3-10)15(22)17-7-12(19)14(21)13(20)8-17/h2-5,12-14,19-21H,6-8H2,1H3,(H,16,18)/t12-,13+,14?. The van der Waals surface area contributed by atoms with Gasteiger partial charge in [0.15, 0.2) is 0 Å². The van der Waals surface area contributed by atoms with Gasteiger partial charge in [-0.1, -0.05) is 12.1 Å². The maximum absolute atomic E-state index is 12.3. The second-order valence-electron chi connectivity index (χ2n) is 5.44. The van der Waals surface area contributed by atoms with Gasteiger partial charge < -0.3 is 25.5 Å². The highest BCUT2D eigenvalue weighted by Gasteiger charge is 2.35. The predicted octanol–water partition coefficient (Wildman–Crippen LogP) is -1.14. The van der Waals surface area contributed by atoms with Crippen LogP contribution in [0.2, 0.25) is 0 Å². The number of carbonyl (C=O) groups is 2. The number of carbonyl (C=O) groups excluding carboxylic acids is 2. The van der Waals surface area contributed by atoms with Gasteiger partial charge >= 0.3 is 0 Å². The van der Waals surface area contributed by atoms with E-state index >= 15 is 0 Å². The lowest BCUT2D eigenvalue weighted by molar-refractivity contribution is -0.119. The quantitative estimate of drug-likeness (QED) is 0.564. The van der Waals surface area contributed by atoms with Crippen LogP contribution in [0.4, 0.5) is 0 Å². The molecule has 1 aromatic rings. The summed E-state index contributed by atoms with van der Waals surface area (Å²) >= 11 is 0. The van der Waals surface area contributed by atoms with Crippen LogP contribution in [-0.2, 0) is 11.3 Å². The average Bonchev–Trinajstić information content (AvgIpc) is 2.50. The van der Waals surface area contributed by atoms with Gasteiger partial charge in [-0.25, -0.2) is 0 Å². The molecule has 0 radical (unpaired) electrons. The molecule has 3 atom stereocenters. The maximum Gasteiger partial charge on any atom is 0.254 e. The van der Waals surface area contributed by atoms with E-state index in [-0.39, 0.29) is 24.9 Å². The number of hydrogen-bond donors (Lipinski definition) is 4. The minimum Gasteiger partial charge on any atom is -0.388 e. The van der Waals surface area contributed by atoms with Gasteiger partial charge in [0.1, 0.15) is 18.3 Å². The summed E-state index contributed by atoms with van der Waals surface area (Å²) in [5.41, 5.74) is 1.28. The Kier molecular flexibility index (Phi) is 5.12. The second-order valence-corrected chi connectivity index (χ2v) is 5.44. The number of likely N-dealkylation sites (tertiary alicyclic amines) is 1. The Hall–Kier alpha value is -1.96. The molecule has 1 heterocycles. The molecule has 1 aliphatic heterocycles. The Labute approximate surface area is 128 Å². The molecule has 1 aliphatic rings. The summed E-state index contributed by atoms with van der Waals surface area (Å²) in [4.78, 5) is 24.5. The molecular weight excluding hydrogens is 288 g/mol. The lowest BCUT2D eigenvalue weighted by atomic mass is 10.0. The largest absolute Gasteiger partial charge is 0.388 e. The number of aliphatic hydroxyl groups is 3. The van der Waals surface area contributed by atoms with Gasteiger partial charge in [0.2, 0.25) is 5.91 Å². The van der Waals surface area contributed by atoms with Crippen LogP contribution in [-0.4, -0.2) is 63.4 Å². The zero-order valence-corrected chi connectivity index (χ0v) is 12.3. The van der Waals surface area contributed by atoms with Crippen molar-refractivity contribution in [2.45, 2.75) is 31.8 Å². The molecule has 0 aromatic heterocycles. The predicted molar refractivity (Wildman–Crippen MR) is 77.9 cm³/mol. The van der Waals surface area contributed by atoms with E-state index in [1.807, 2.05) is 0 Å². The van der Waals surface area contributed by atoms with E-state index in [2.05, 4.69) is 5.32 Å². The van der Waals surface area contributed by atoms with Crippen molar-refractivity contribution in [2.24, 2.45) is 0 Å². The molecule has 1 unspecified atom stereocenters. The zero-order valence-electron chi connectivity index (χ0n) is 12.3. The van der Waals surface area contributed by atoms with Crippen LogP contribution in [0.3, 0.4) is 0 Å². The summed E-state index contributed by atoms with van der Waals surface area (Å²) in [5, 5.41) is 31.4. The average molecular weight is 308 g/mol. The fourth-order valence-corrected chi connectivity index (χ4v) is 2.34. The molecule has 22 heavy (non-hydrogen) atoms. The summed E-state index contributed by atoms with van der Waals surface area (Å²) < 4.78 is 0. The van der Waals surface area contributed by atoms with E-state index in [1.54, 1.807) is 24.3 Å². The Bertz CT molecular complexity index is 533. The molecule has 2 rings (SSSR count). The molecule has 1 aromatic carbocycles. The zero-order chi connectivity index (χ0) is 16.3. The highest BCUT2D eigenvalue weighted by molar-refractivity contribution is 5.94. The van der Waals surface area contributed by atoms with Crippen LogP contribution in [0.15, 0.2) is 24.3 Å². The van der Waals surface area contributed by atoms with Crippen molar-refractivity contribution in [1.29, 1.82) is 0 Å². The first-order valence-electron chi connectivity index (χ1n) is 7.05. The van der Waals surface area contributed by atoms with E-state index in [9.17, 15) is 24.9 Å². The third kappa shape index (κ3) is 3.82. The van der Waals surface area contributed by atoms with Gasteiger partial charge in [-0.2, -0.15) is 0 Å². The van der Waals surface area contributed by atoms with Crippen LogP contribution in [0, 0.1) is 0 Å². The number of amides is 2. The van der Waals surface area contributed by atoms with Crippen LogP contribution >= 0.6 is 0 Å². The molecule has 7 heteroatoms. The summed E-state index contributed by atoms with van der Waals surface area (Å²) in [7, 11) is 0. The summed E-state index contributed by atoms with van der Waals surface area (Å²) in [6.45, 7) is 1.77. The smallest absolute Gasteiger partial charge is 0.254 e. The number of hydrogen-bond acceptors (Lipinski definition) is 5. The number of rotatable bonds is 3. The van der Waals surface area contributed by atoms with Crippen molar-refractivity contribution >= 4 is 11.8 Å². The normalized spacial score (nSPS) is 24.9. The van der Waals surface area contributed by atoms with Gasteiger partial charge in [-0.3, -0.25) is 9.59 Å². The Morgan fingerprint density at radius 3 is 2.18 bits per heavy atom. The van der Waals surface area contributed by atoms with Gasteiger partial charge in [0.05, 0.1) is 0 Å². The summed E-state index contributed by atoms with van der Waals surface area (Å²) in [6.07, 6.45) is -3.55. The first-order valence-corrected chi connectivity index (χ1v) is 7.05. The SMILES string of the molecule is CC(=O)NCc1ccc(C(=O)N2C[C@@H](O)C(O)[C@@H](O)C2)cc1. The first kappa shape index (κ1) is 16.4. The Morgan fingerprint density at radius 1 is 1.14 bits per heavy atom. The molecule has 1 saturated heterocycles. The summed E-state index contributed by atoms with van der Waals surface area (Å²) in [5.74, 6) is -0.453. The van der Waals surface area contributed by atoms with Crippen molar-refractivity contribution in [3.8, 4) is 0 Å². The third-order valence-corrected chi connectivity index (χ3v) is 3.63. The summed E-state index contributed by atoms with van der Waals surface area (Å²) in [6, 6.07) is 6.72. The Balaban J connectivity index is 2.02. The van der Waals surface area contributed by atoms with Crippen LogP contribution in [0.1, 0.15) is 22.8 Å². The topological polar surface area (TPSA) is 110 Å². The highest BCUT2D eigenvalue weighted by Crippen LogP contribution is 2.15. The molecule has 0 bridgehead atoms. The number of β-amino-alcohol motifs (C(OH)–C–C–N with tert-alkyl or cyclic N) is 2. The fraction of sp³-hybridized carbons (Fsp3) is 0.467. The molecule has 120 valence electrons. The lowest BCUT2D eigenvalue weighted by Gasteiger charge is -2.36. The minimum atomic E-state index is -1.23. The maximum atomic E-state index is 12.3. The first-order chi connectivity index (χ1) is 10.4. The number of aliphatic hydroxyl groups excluding tert-OH is 3. The molecular formula is C15H20N2O5. The van der Waals surface area contributed by atoms with Crippen LogP contribution < -0.4 is 5.32 Å². The van der Waals surface area contributed by atoms with Gasteiger partial charge in [0.25, 0.3) is 5.91 Å². The number of piperidine rings is 1. The molecule has 7 nitrogen and oxygen atoms in total. The molecule has 0 saturated carbocycles. The van der Waals surface area contributed by atoms with Crippen LogP contribution in [0.25, 0.3) is 0 Å². The van der Waals surface area contributed by atoms with E-state index in [1.165, 1.54) is 11.8 Å². The number of nitrogens with zero attached hydrogens (tertiary/aromatic N) is 1. The van der Waals surface area contributed by atoms with E-state index in [0.717, 1.165) is 5.56 Å². The molecule has 2 amide bonds. The molecule has 4 N–H and O–H groups in total. The van der Waals surface area contributed by atoms with Crippen molar-refractivity contribution in [1.82, 2.24) is 10.2 Å². The number of nitrogens with one attached hydrogen (secondary N) is 1. The third-order valence-electron chi connectivity index (χ3n) is 3.63. The van der Waals surface area contributed by atoms with Gasteiger partial charge in [0, 0.05) is 32.1 Å². The van der Waals surface area contributed by atoms with Crippen molar-refractivity contribution < 1.29 is 24.9 Å². The monoisotopic (exact) mass is 308 g/mol. The Morgan fingerprint density at radius 2 is 1.68 bits per heavy atom.